The lowest BCUT2D eigenvalue weighted by Gasteiger charge is -2.36. The molecule has 0 spiro atoms. The molecule has 1 aromatic heterocycles. The van der Waals surface area contributed by atoms with Gasteiger partial charge in [-0.25, -0.2) is 14.0 Å². The van der Waals surface area contributed by atoms with Crippen molar-refractivity contribution in [2.24, 2.45) is 0 Å². The highest BCUT2D eigenvalue weighted by atomic mass is 35.5. The number of nitrogens with one attached hydrogen (secondary N) is 2. The number of carbonyl (C=O) groups is 2. The molecule has 212 valence electrons. The number of amides is 2. The van der Waals surface area contributed by atoms with Crippen molar-refractivity contribution in [3.63, 3.8) is 0 Å². The number of alkyl halides is 3. The minimum Gasteiger partial charge on any atom is -0.480 e. The average molecular weight is 580 g/mol. The second-order valence-corrected chi connectivity index (χ2v) is 10.0. The normalized spacial score (nSPS) is 18.6. The maximum Gasteiger partial charge on any atom is 0.416 e. The summed E-state index contributed by atoms with van der Waals surface area (Å²) in [4.78, 5) is 28.6. The zero-order valence-corrected chi connectivity index (χ0v) is 21.8. The Morgan fingerprint density at radius 1 is 1.05 bits per heavy atom. The fourth-order valence-corrected chi connectivity index (χ4v) is 4.99. The van der Waals surface area contributed by atoms with Crippen molar-refractivity contribution < 1.29 is 37.0 Å². The Labute approximate surface area is 232 Å². The number of aliphatic carboxylic acids is 1. The van der Waals surface area contributed by atoms with Gasteiger partial charge in [0.1, 0.15) is 18.0 Å². The Morgan fingerprint density at radius 2 is 1.77 bits per heavy atom. The van der Waals surface area contributed by atoms with Crippen molar-refractivity contribution in [3.8, 4) is 0 Å². The van der Waals surface area contributed by atoms with E-state index in [0.717, 1.165) is 12.1 Å². The van der Waals surface area contributed by atoms with Crippen LogP contribution in [0, 0.1) is 5.82 Å². The van der Waals surface area contributed by atoms with Gasteiger partial charge in [0.15, 0.2) is 0 Å². The molecule has 3 atom stereocenters. The quantitative estimate of drug-likeness (QED) is 0.282. The molecule has 1 aliphatic carbocycles. The summed E-state index contributed by atoms with van der Waals surface area (Å²) in [5, 5.41) is 14.7. The molecule has 3 aromatic rings. The van der Waals surface area contributed by atoms with Crippen LogP contribution in [0.2, 0.25) is 5.02 Å². The maximum atomic E-state index is 14.7. The monoisotopic (exact) mass is 579 g/mol. The van der Waals surface area contributed by atoms with E-state index in [9.17, 15) is 27.2 Å². The molecule has 2 aromatic carbocycles. The number of urea groups is 1. The first-order chi connectivity index (χ1) is 18.9. The number of benzene rings is 2. The van der Waals surface area contributed by atoms with Crippen molar-refractivity contribution in [1.29, 1.82) is 0 Å². The zero-order valence-electron chi connectivity index (χ0n) is 21.1. The highest BCUT2D eigenvalue weighted by Crippen LogP contribution is 2.38. The van der Waals surface area contributed by atoms with Gasteiger partial charge in [0.2, 0.25) is 0 Å². The standard InChI is InChI=1S/C28H26ClF4N3O4/c29-20-6-9-24(34-15-20)27(14-17-4-2-1-3-5-17,18-10-19(28(31,32)33)12-21(30)11-18)36-26(39)35-22-7-8-23(13-22)40-16-25(37)38/h1-6,9-12,15,22-23H,7-8,13-14,16H2,(H,37,38)(H2,35,36,39)/t22?,23?,27-/m0/s1. The lowest BCUT2D eigenvalue weighted by Crippen LogP contribution is -2.54. The number of pyridine rings is 1. The molecule has 1 fully saturated rings. The highest BCUT2D eigenvalue weighted by Gasteiger charge is 2.41. The Bertz CT molecular complexity index is 1340. The van der Waals surface area contributed by atoms with Gasteiger partial charge in [-0.1, -0.05) is 41.9 Å². The van der Waals surface area contributed by atoms with Crippen LogP contribution in [0.4, 0.5) is 22.4 Å². The number of hydrogen-bond donors (Lipinski definition) is 3. The Kier molecular flexibility index (Phi) is 8.95. The maximum absolute atomic E-state index is 14.7. The molecular weight excluding hydrogens is 554 g/mol. The summed E-state index contributed by atoms with van der Waals surface area (Å²) < 4.78 is 61.3. The van der Waals surface area contributed by atoms with Crippen LogP contribution >= 0.6 is 11.6 Å². The molecule has 7 nitrogen and oxygen atoms in total. The van der Waals surface area contributed by atoms with Crippen molar-refractivity contribution in [1.82, 2.24) is 15.6 Å². The van der Waals surface area contributed by atoms with Crippen molar-refractivity contribution in [3.05, 3.63) is 100 Å². The summed E-state index contributed by atoms with van der Waals surface area (Å²) in [5.41, 5.74) is -2.34. The third-order valence-electron chi connectivity index (χ3n) is 6.68. The van der Waals surface area contributed by atoms with E-state index in [1.807, 2.05) is 0 Å². The minimum atomic E-state index is -4.85. The highest BCUT2D eigenvalue weighted by molar-refractivity contribution is 6.30. The zero-order chi connectivity index (χ0) is 28.9. The van der Waals surface area contributed by atoms with E-state index in [-0.39, 0.29) is 34.8 Å². The Balaban J connectivity index is 1.75. The number of carboxylic acid groups (broad SMARTS) is 1. The van der Waals surface area contributed by atoms with Gasteiger partial charge in [0, 0.05) is 18.7 Å². The molecule has 2 unspecified atom stereocenters. The number of halogens is 5. The fraction of sp³-hybridized carbons (Fsp3) is 0.321. The number of nitrogens with zero attached hydrogens (tertiary/aromatic N) is 1. The molecule has 4 rings (SSSR count). The topological polar surface area (TPSA) is 101 Å². The van der Waals surface area contributed by atoms with Crippen LogP contribution in [0.15, 0.2) is 66.9 Å². The second kappa shape index (κ2) is 12.2. The second-order valence-electron chi connectivity index (χ2n) is 9.59. The molecule has 0 radical (unpaired) electrons. The molecule has 1 aliphatic rings. The van der Waals surface area contributed by atoms with E-state index >= 15 is 0 Å². The molecule has 3 N–H and O–H groups in total. The number of carbonyl (C=O) groups excluding carboxylic acids is 1. The SMILES string of the molecule is O=C(O)COC1CCC(NC(=O)N[C@@](Cc2ccccc2)(c2cc(F)cc(C(F)(F)F)c2)c2ccc(Cl)cn2)C1. The average Bonchev–Trinajstić information content (AvgIpc) is 3.34. The van der Waals surface area contributed by atoms with Crippen LogP contribution in [0.25, 0.3) is 0 Å². The lowest BCUT2D eigenvalue weighted by molar-refractivity contribution is -0.144. The minimum absolute atomic E-state index is 0.0638. The summed E-state index contributed by atoms with van der Waals surface area (Å²) in [6.45, 7) is -0.465. The number of ether oxygens (including phenoxy) is 1. The van der Waals surface area contributed by atoms with Crippen molar-refractivity contribution >= 4 is 23.6 Å². The molecular formula is C28H26ClF4N3O4. The predicted molar refractivity (Wildman–Crippen MR) is 138 cm³/mol. The molecule has 1 heterocycles. The van der Waals surface area contributed by atoms with E-state index in [4.69, 9.17) is 21.4 Å². The molecule has 40 heavy (non-hydrogen) atoms. The largest absolute Gasteiger partial charge is 0.480 e. The first kappa shape index (κ1) is 29.3. The Morgan fingerprint density at radius 3 is 2.42 bits per heavy atom. The van der Waals surface area contributed by atoms with Gasteiger partial charge < -0.3 is 20.5 Å². The van der Waals surface area contributed by atoms with Gasteiger partial charge in [-0.3, -0.25) is 4.98 Å². The summed E-state index contributed by atoms with van der Waals surface area (Å²) in [7, 11) is 0. The molecule has 0 saturated heterocycles. The Hall–Kier alpha value is -3.70. The molecule has 0 bridgehead atoms. The van der Waals surface area contributed by atoms with Crippen LogP contribution < -0.4 is 10.6 Å². The van der Waals surface area contributed by atoms with Crippen LogP contribution in [0.3, 0.4) is 0 Å². The van der Waals surface area contributed by atoms with E-state index < -0.39 is 41.7 Å². The van der Waals surface area contributed by atoms with Gasteiger partial charge in [-0.15, -0.1) is 0 Å². The third kappa shape index (κ3) is 7.28. The van der Waals surface area contributed by atoms with E-state index in [1.54, 1.807) is 30.3 Å². The van der Waals surface area contributed by atoms with Crippen LogP contribution in [0.1, 0.15) is 41.6 Å². The number of hydrogen-bond acceptors (Lipinski definition) is 4. The summed E-state index contributed by atoms with van der Waals surface area (Å²) in [6, 6.07) is 12.7. The van der Waals surface area contributed by atoms with Crippen molar-refractivity contribution in [2.75, 3.05) is 6.61 Å². The number of aromatic nitrogens is 1. The van der Waals surface area contributed by atoms with Gasteiger partial charge in [-0.2, -0.15) is 13.2 Å². The van der Waals surface area contributed by atoms with Gasteiger partial charge in [0.05, 0.1) is 22.4 Å². The lowest BCUT2D eigenvalue weighted by atomic mass is 9.79. The molecule has 2 amide bonds. The molecule has 12 heteroatoms. The summed E-state index contributed by atoms with van der Waals surface area (Å²) in [5.74, 6) is -2.24. The first-order valence-electron chi connectivity index (χ1n) is 12.4. The van der Waals surface area contributed by atoms with E-state index in [2.05, 4.69) is 15.6 Å². The summed E-state index contributed by atoms with van der Waals surface area (Å²) >= 11 is 6.04. The summed E-state index contributed by atoms with van der Waals surface area (Å²) in [6.07, 6.45) is -2.62. The fourth-order valence-electron chi connectivity index (χ4n) is 4.88. The third-order valence-corrected chi connectivity index (χ3v) is 6.91. The predicted octanol–water partition coefficient (Wildman–Crippen LogP) is 5.70. The number of carboxylic acids is 1. The smallest absolute Gasteiger partial charge is 0.416 e. The van der Waals surface area contributed by atoms with Gasteiger partial charge in [0.25, 0.3) is 0 Å². The van der Waals surface area contributed by atoms with E-state index in [1.165, 1.54) is 18.3 Å². The van der Waals surface area contributed by atoms with Crippen LogP contribution in [-0.4, -0.2) is 40.8 Å². The molecule has 0 aliphatic heterocycles. The first-order valence-corrected chi connectivity index (χ1v) is 12.8. The number of rotatable bonds is 9. The van der Waals surface area contributed by atoms with Crippen LogP contribution in [-0.2, 0) is 27.7 Å². The van der Waals surface area contributed by atoms with E-state index in [0.29, 0.717) is 30.9 Å². The van der Waals surface area contributed by atoms with Crippen LogP contribution in [0.5, 0.6) is 0 Å². The molecule has 1 saturated carbocycles. The van der Waals surface area contributed by atoms with Gasteiger partial charge in [-0.05, 0) is 60.7 Å². The van der Waals surface area contributed by atoms with Crippen molar-refractivity contribution in [2.45, 2.75) is 49.5 Å². The van der Waals surface area contributed by atoms with Gasteiger partial charge >= 0.3 is 18.2 Å².